The summed E-state index contributed by atoms with van der Waals surface area (Å²) < 4.78 is 37.1. The largest absolute Gasteiger partial charge is 0.478 e. The molecule has 2 heterocycles. The summed E-state index contributed by atoms with van der Waals surface area (Å²) in [6, 6.07) is 7.85. The first kappa shape index (κ1) is 22.9. The zero-order valence-corrected chi connectivity index (χ0v) is 19.0. The number of hydrogen-bond donors (Lipinski definition) is 2. The third-order valence-electron chi connectivity index (χ3n) is 5.65. The van der Waals surface area contributed by atoms with E-state index in [4.69, 9.17) is 9.84 Å². The van der Waals surface area contributed by atoms with Gasteiger partial charge in [-0.05, 0) is 87.6 Å². The normalized spacial score (nSPS) is 17.6. The van der Waals surface area contributed by atoms with Gasteiger partial charge in [-0.25, -0.2) is 13.6 Å². The van der Waals surface area contributed by atoms with E-state index in [1.54, 1.807) is 6.20 Å². The minimum Gasteiger partial charge on any atom is -0.478 e. The van der Waals surface area contributed by atoms with Gasteiger partial charge >= 0.3 is 5.97 Å². The predicted molar refractivity (Wildman–Crippen MR) is 124 cm³/mol. The number of fused-ring (bicyclic) bond motifs is 1. The van der Waals surface area contributed by atoms with Crippen molar-refractivity contribution in [2.45, 2.75) is 51.7 Å². The maximum atomic E-state index is 15.5. The molecule has 2 aromatic carbocycles. The van der Waals surface area contributed by atoms with Gasteiger partial charge in [0.1, 0.15) is 11.6 Å². The first-order chi connectivity index (χ1) is 15.4. The molecule has 1 aromatic heterocycles. The Hall–Kier alpha value is -3.32. The molecule has 2 N–H and O–H groups in total. The van der Waals surface area contributed by atoms with Gasteiger partial charge in [-0.2, -0.15) is 5.10 Å². The Morgan fingerprint density at radius 2 is 1.73 bits per heavy atom. The monoisotopic (exact) mass is 452 g/mol. The van der Waals surface area contributed by atoms with Crippen molar-refractivity contribution in [2.75, 3.05) is 0 Å². The Balaban J connectivity index is 1.97. The van der Waals surface area contributed by atoms with Gasteiger partial charge in [-0.3, -0.25) is 5.10 Å². The molecule has 172 valence electrons. The maximum Gasteiger partial charge on any atom is 0.328 e. The Labute approximate surface area is 190 Å². The zero-order valence-electron chi connectivity index (χ0n) is 19.0. The van der Waals surface area contributed by atoms with Crippen LogP contribution in [0.5, 0.6) is 0 Å². The van der Waals surface area contributed by atoms with Crippen LogP contribution in [0.2, 0.25) is 0 Å². The number of aromatic amines is 1. The average Bonchev–Trinajstić information content (AvgIpc) is 3.14. The quantitative estimate of drug-likeness (QED) is 0.469. The van der Waals surface area contributed by atoms with Gasteiger partial charge in [0, 0.05) is 11.5 Å². The summed E-state index contributed by atoms with van der Waals surface area (Å²) in [4.78, 5) is 10.8. The third kappa shape index (κ3) is 4.88. The second kappa shape index (κ2) is 8.23. The number of aromatic nitrogens is 2. The Morgan fingerprint density at radius 1 is 1.09 bits per heavy atom. The van der Waals surface area contributed by atoms with Crippen LogP contribution in [-0.4, -0.2) is 32.5 Å². The zero-order chi connectivity index (χ0) is 24.0. The van der Waals surface area contributed by atoms with E-state index in [2.05, 4.69) is 10.2 Å². The van der Waals surface area contributed by atoms with Crippen LogP contribution in [-0.2, 0) is 9.53 Å². The lowest BCUT2D eigenvalue weighted by molar-refractivity contribution is -0.138. The summed E-state index contributed by atoms with van der Waals surface area (Å²) in [5.41, 5.74) is 1.87. The van der Waals surface area contributed by atoms with Crippen LogP contribution in [0.4, 0.5) is 8.78 Å². The second-order valence-electron chi connectivity index (χ2n) is 9.66. The first-order valence-electron chi connectivity index (χ1n) is 10.7. The molecule has 5 nitrogen and oxygen atoms in total. The Kier molecular flexibility index (Phi) is 5.70. The van der Waals surface area contributed by atoms with Crippen molar-refractivity contribution >= 4 is 28.5 Å². The minimum absolute atomic E-state index is 0.131. The number of hydrogen-bond acceptors (Lipinski definition) is 3. The summed E-state index contributed by atoms with van der Waals surface area (Å²) in [6.45, 7) is 7.88. The van der Waals surface area contributed by atoms with Gasteiger partial charge in [0.05, 0.1) is 28.5 Å². The molecule has 0 atom stereocenters. The lowest BCUT2D eigenvalue weighted by atomic mass is 9.79. The molecule has 0 aliphatic carbocycles. The number of carboxylic acids is 1. The first-order valence-corrected chi connectivity index (χ1v) is 10.7. The molecule has 0 radical (unpaired) electrons. The molecular formula is C26H26F2N2O3. The number of nitrogens with one attached hydrogen (secondary N) is 1. The van der Waals surface area contributed by atoms with Gasteiger partial charge in [0.2, 0.25) is 0 Å². The van der Waals surface area contributed by atoms with Crippen LogP contribution < -0.4 is 0 Å². The molecule has 4 rings (SSSR count). The Bertz CT molecular complexity index is 1260. The number of carbonyl (C=O) groups is 1. The van der Waals surface area contributed by atoms with Crippen LogP contribution in [0.15, 0.2) is 48.2 Å². The maximum absolute atomic E-state index is 15.5. The Morgan fingerprint density at radius 3 is 2.33 bits per heavy atom. The van der Waals surface area contributed by atoms with E-state index in [0.29, 0.717) is 24.0 Å². The number of aliphatic carboxylic acids is 1. The van der Waals surface area contributed by atoms with Crippen LogP contribution in [0, 0.1) is 11.6 Å². The highest BCUT2D eigenvalue weighted by Gasteiger charge is 2.38. The van der Waals surface area contributed by atoms with Crippen molar-refractivity contribution in [3.8, 4) is 0 Å². The van der Waals surface area contributed by atoms with Gasteiger partial charge in [-0.1, -0.05) is 11.6 Å². The van der Waals surface area contributed by atoms with E-state index in [0.717, 1.165) is 34.7 Å². The average molecular weight is 453 g/mol. The van der Waals surface area contributed by atoms with Crippen molar-refractivity contribution < 1.29 is 23.4 Å². The van der Waals surface area contributed by atoms with Crippen molar-refractivity contribution in [2.24, 2.45) is 0 Å². The number of rotatable bonds is 4. The molecule has 3 aromatic rings. The summed E-state index contributed by atoms with van der Waals surface area (Å²) >= 11 is 0. The van der Waals surface area contributed by atoms with Crippen LogP contribution in [0.1, 0.15) is 57.2 Å². The topological polar surface area (TPSA) is 75.2 Å². The summed E-state index contributed by atoms with van der Waals surface area (Å²) in [5, 5.41) is 16.6. The molecule has 0 saturated carbocycles. The molecule has 33 heavy (non-hydrogen) atoms. The van der Waals surface area contributed by atoms with E-state index < -0.39 is 28.8 Å². The SMILES string of the molecule is CC1(C)CC(=C(c2ccc3[nH]ncc3c2)c2c(F)cc(/C=C/C(=O)O)cc2F)CC(C)(C)O1. The number of ether oxygens (including phenoxy) is 1. The number of benzene rings is 2. The summed E-state index contributed by atoms with van der Waals surface area (Å²) in [7, 11) is 0. The summed E-state index contributed by atoms with van der Waals surface area (Å²) in [6.07, 6.45) is 4.71. The fourth-order valence-electron chi connectivity index (χ4n) is 4.81. The van der Waals surface area contributed by atoms with E-state index in [1.165, 1.54) is 6.08 Å². The van der Waals surface area contributed by atoms with Crippen LogP contribution in [0.25, 0.3) is 22.6 Å². The van der Waals surface area contributed by atoms with E-state index in [1.807, 2.05) is 45.9 Å². The molecule has 7 heteroatoms. The van der Waals surface area contributed by atoms with E-state index in [9.17, 15) is 4.79 Å². The van der Waals surface area contributed by atoms with Crippen molar-refractivity contribution in [3.63, 3.8) is 0 Å². The van der Waals surface area contributed by atoms with Gasteiger partial charge in [0.15, 0.2) is 0 Å². The molecule has 1 fully saturated rings. The second-order valence-corrected chi connectivity index (χ2v) is 9.66. The van der Waals surface area contributed by atoms with Crippen LogP contribution in [0.3, 0.4) is 0 Å². The standard InChI is InChI=1S/C26H26F2N2O3/c1-25(2)12-18(13-26(3,4)33-25)23(16-6-7-21-17(11-16)14-29-30-21)24-19(27)9-15(10-20(24)28)5-8-22(31)32/h5-11,14H,12-13H2,1-4H3,(H,29,30)(H,31,32)/b8-5+. The fourth-order valence-corrected chi connectivity index (χ4v) is 4.81. The van der Waals surface area contributed by atoms with Crippen LogP contribution >= 0.6 is 0 Å². The molecule has 0 spiro atoms. The molecular weight excluding hydrogens is 426 g/mol. The van der Waals surface area contributed by atoms with Gasteiger partial charge < -0.3 is 9.84 Å². The van der Waals surface area contributed by atoms with Crippen molar-refractivity contribution in [1.82, 2.24) is 10.2 Å². The van der Waals surface area contributed by atoms with E-state index in [-0.39, 0.29) is 11.1 Å². The minimum atomic E-state index is -1.19. The van der Waals surface area contributed by atoms with E-state index >= 15 is 8.78 Å². The highest BCUT2D eigenvalue weighted by Crippen LogP contribution is 2.44. The third-order valence-corrected chi connectivity index (χ3v) is 5.65. The molecule has 0 amide bonds. The van der Waals surface area contributed by atoms with Crippen molar-refractivity contribution in [3.05, 3.63) is 76.5 Å². The molecule has 0 bridgehead atoms. The summed E-state index contributed by atoms with van der Waals surface area (Å²) in [5.74, 6) is -2.70. The smallest absolute Gasteiger partial charge is 0.328 e. The highest BCUT2D eigenvalue weighted by atomic mass is 19.1. The van der Waals surface area contributed by atoms with Gasteiger partial charge in [0.25, 0.3) is 0 Å². The number of carboxylic acid groups (broad SMARTS) is 1. The molecule has 1 saturated heterocycles. The van der Waals surface area contributed by atoms with Gasteiger partial charge in [-0.15, -0.1) is 0 Å². The molecule has 0 unspecified atom stereocenters. The lowest BCUT2D eigenvalue weighted by Gasteiger charge is -2.43. The van der Waals surface area contributed by atoms with Crippen molar-refractivity contribution in [1.29, 1.82) is 0 Å². The number of H-pyrrole nitrogens is 1. The number of halogens is 2. The fraction of sp³-hybridized carbons (Fsp3) is 0.308. The highest BCUT2D eigenvalue weighted by molar-refractivity contribution is 5.90. The molecule has 1 aliphatic rings. The molecule has 1 aliphatic heterocycles. The lowest BCUT2D eigenvalue weighted by Crippen LogP contribution is -2.42. The predicted octanol–water partition coefficient (Wildman–Crippen LogP) is 6.11. The number of nitrogens with zero attached hydrogens (tertiary/aromatic N) is 1.